The molecule has 0 bridgehead atoms. The second-order valence-electron chi connectivity index (χ2n) is 2.26. The van der Waals surface area contributed by atoms with Crippen LogP contribution < -0.4 is 0 Å². The van der Waals surface area contributed by atoms with Crippen molar-refractivity contribution in [2.24, 2.45) is 9.98 Å². The number of nitrogens with zero attached hydrogens (tertiary/aromatic N) is 2. The highest BCUT2D eigenvalue weighted by atomic mass is 32.2. The average Bonchev–Trinajstić information content (AvgIpc) is 2.19. The van der Waals surface area contributed by atoms with Crippen molar-refractivity contribution in [3.05, 3.63) is 0 Å². The van der Waals surface area contributed by atoms with E-state index in [1.165, 1.54) is 0 Å². The van der Waals surface area contributed by atoms with Crippen molar-refractivity contribution in [3.63, 3.8) is 0 Å². The van der Waals surface area contributed by atoms with Crippen LogP contribution in [0.3, 0.4) is 0 Å². The minimum Gasteiger partial charge on any atom is -0.232 e. The molecule has 0 saturated heterocycles. The van der Waals surface area contributed by atoms with E-state index >= 15 is 0 Å². The van der Waals surface area contributed by atoms with Gasteiger partial charge in [0.25, 0.3) is 0 Å². The number of hydrogen-bond acceptors (Lipinski definition) is 6. The van der Waals surface area contributed by atoms with E-state index in [1.54, 1.807) is 0 Å². The van der Waals surface area contributed by atoms with Gasteiger partial charge in [0.05, 0.1) is 23.4 Å². The summed E-state index contributed by atoms with van der Waals surface area (Å²) in [6, 6.07) is 0. The third-order valence-corrected chi connectivity index (χ3v) is 4.09. The Labute approximate surface area is 104 Å². The molecule has 0 aliphatic rings. The second kappa shape index (κ2) is 11.4. The molecule has 0 rings (SSSR count). The van der Waals surface area contributed by atoms with Gasteiger partial charge in [-0.05, 0) is 31.4 Å². The molecule has 0 amide bonds. The largest absolute Gasteiger partial charge is 0.232 e. The molecule has 0 heterocycles. The Morgan fingerprint density at radius 2 is 1.50 bits per heavy atom. The third kappa shape index (κ3) is 10.4. The summed E-state index contributed by atoms with van der Waals surface area (Å²) in [4.78, 5) is 7.69. The van der Waals surface area contributed by atoms with Crippen LogP contribution in [0, 0.1) is 0 Å². The van der Waals surface area contributed by atoms with Gasteiger partial charge < -0.3 is 0 Å². The van der Waals surface area contributed by atoms with Gasteiger partial charge in [-0.1, -0.05) is 0 Å². The molecular formula is C8H12N2S4. The van der Waals surface area contributed by atoms with E-state index in [0.717, 1.165) is 24.6 Å². The summed E-state index contributed by atoms with van der Waals surface area (Å²) in [6.07, 6.45) is 0. The lowest BCUT2D eigenvalue weighted by Gasteiger charge is -2.07. The smallest absolute Gasteiger partial charge is 0.0585 e. The van der Waals surface area contributed by atoms with Crippen molar-refractivity contribution < 1.29 is 0 Å². The number of aliphatic imine (C=N–C) groups is 2. The Morgan fingerprint density at radius 3 is 1.86 bits per heavy atom. The van der Waals surface area contributed by atoms with Crippen molar-refractivity contribution in [2.75, 3.05) is 24.6 Å². The van der Waals surface area contributed by atoms with E-state index in [4.69, 9.17) is 0 Å². The first kappa shape index (κ1) is 14.3. The molecule has 0 aromatic carbocycles. The zero-order valence-corrected chi connectivity index (χ0v) is 11.2. The third-order valence-electron chi connectivity index (χ3n) is 1.24. The van der Waals surface area contributed by atoms with Crippen LogP contribution in [0.5, 0.6) is 0 Å². The maximum absolute atomic E-state index is 4.47. The highest BCUT2D eigenvalue weighted by Gasteiger charge is 2.01. The summed E-state index contributed by atoms with van der Waals surface area (Å²) < 4.78 is 0.565. The predicted molar refractivity (Wildman–Crippen MR) is 74.2 cm³/mol. The SMILES string of the molecule is CC(SCCN=C=S)SCCN=C=S. The molecule has 0 spiro atoms. The fourth-order valence-electron chi connectivity index (χ4n) is 0.668. The van der Waals surface area contributed by atoms with Crippen molar-refractivity contribution in [3.8, 4) is 0 Å². The molecule has 0 atom stereocenters. The van der Waals surface area contributed by atoms with Crippen LogP contribution >= 0.6 is 48.0 Å². The summed E-state index contributed by atoms with van der Waals surface area (Å²) in [5, 5.41) is 4.71. The van der Waals surface area contributed by atoms with Crippen molar-refractivity contribution >= 4 is 58.3 Å². The molecule has 2 nitrogen and oxygen atoms in total. The lowest BCUT2D eigenvalue weighted by Crippen LogP contribution is -1.97. The molecule has 0 N–H and O–H groups in total. The molecule has 78 valence electrons. The van der Waals surface area contributed by atoms with E-state index in [0.29, 0.717) is 4.58 Å². The lowest BCUT2D eigenvalue weighted by molar-refractivity contribution is 1.15. The van der Waals surface area contributed by atoms with Gasteiger partial charge >= 0.3 is 0 Å². The van der Waals surface area contributed by atoms with E-state index in [9.17, 15) is 0 Å². The zero-order valence-electron chi connectivity index (χ0n) is 7.93. The fraction of sp³-hybridized carbons (Fsp3) is 0.750. The molecule has 6 heteroatoms. The lowest BCUT2D eigenvalue weighted by atomic mass is 10.8. The van der Waals surface area contributed by atoms with Gasteiger partial charge in [0, 0.05) is 16.1 Å². The van der Waals surface area contributed by atoms with Crippen LogP contribution in [0.2, 0.25) is 0 Å². The molecular weight excluding hydrogens is 252 g/mol. The van der Waals surface area contributed by atoms with Crippen molar-refractivity contribution in [2.45, 2.75) is 11.5 Å². The first-order valence-corrected chi connectivity index (χ1v) is 7.03. The summed E-state index contributed by atoms with van der Waals surface area (Å²) in [5.74, 6) is 1.99. The van der Waals surface area contributed by atoms with Crippen molar-refractivity contribution in [1.82, 2.24) is 0 Å². The Morgan fingerprint density at radius 1 is 1.07 bits per heavy atom. The van der Waals surface area contributed by atoms with Crippen LogP contribution in [-0.2, 0) is 0 Å². The van der Waals surface area contributed by atoms with Gasteiger partial charge in [-0.2, -0.15) is 0 Å². The maximum Gasteiger partial charge on any atom is 0.0585 e. The minimum absolute atomic E-state index is 0.565. The van der Waals surface area contributed by atoms with Gasteiger partial charge in [-0.15, -0.1) is 23.5 Å². The van der Waals surface area contributed by atoms with Gasteiger partial charge in [0.15, 0.2) is 0 Å². The molecule has 0 fully saturated rings. The zero-order chi connectivity index (χ0) is 10.6. The molecule has 0 radical (unpaired) electrons. The monoisotopic (exact) mass is 264 g/mol. The van der Waals surface area contributed by atoms with E-state index in [-0.39, 0.29) is 0 Å². The first-order chi connectivity index (χ1) is 6.81. The number of isothiocyanates is 2. The van der Waals surface area contributed by atoms with Gasteiger partial charge in [-0.25, -0.2) is 9.98 Å². The Balaban J connectivity index is 3.31. The quantitative estimate of drug-likeness (QED) is 0.291. The number of rotatable bonds is 8. The molecule has 14 heavy (non-hydrogen) atoms. The van der Waals surface area contributed by atoms with E-state index in [2.05, 4.69) is 51.7 Å². The number of hydrogen-bond donors (Lipinski definition) is 0. The summed E-state index contributed by atoms with van der Waals surface area (Å²) in [6.45, 7) is 3.70. The van der Waals surface area contributed by atoms with Crippen LogP contribution in [0.15, 0.2) is 9.98 Å². The van der Waals surface area contributed by atoms with Crippen LogP contribution in [0.25, 0.3) is 0 Å². The molecule has 0 aromatic heterocycles. The first-order valence-electron chi connectivity index (χ1n) is 4.11. The standard InChI is InChI=1S/C8H12N2S4/c1-8(13-4-2-9-6-11)14-5-3-10-7-12/h8H,2-5H2,1H3. The molecule has 0 aliphatic heterocycles. The Kier molecular flexibility index (Phi) is 11.6. The molecule has 0 aromatic rings. The van der Waals surface area contributed by atoms with E-state index in [1.807, 2.05) is 23.5 Å². The maximum atomic E-state index is 4.47. The van der Waals surface area contributed by atoms with Crippen LogP contribution in [0.1, 0.15) is 6.92 Å². The topological polar surface area (TPSA) is 24.7 Å². The number of thioether (sulfide) groups is 2. The van der Waals surface area contributed by atoms with Crippen LogP contribution in [-0.4, -0.2) is 39.5 Å². The van der Waals surface area contributed by atoms with Gasteiger partial charge in [0.2, 0.25) is 0 Å². The predicted octanol–water partition coefficient (Wildman–Crippen LogP) is 3.00. The van der Waals surface area contributed by atoms with Gasteiger partial charge in [0.1, 0.15) is 0 Å². The fourth-order valence-corrected chi connectivity index (χ4v) is 2.87. The highest BCUT2D eigenvalue weighted by molar-refractivity contribution is 8.16. The van der Waals surface area contributed by atoms with E-state index < -0.39 is 0 Å². The normalized spacial score (nSPS) is 11.2. The summed E-state index contributed by atoms with van der Waals surface area (Å²) in [5.41, 5.74) is 0. The minimum atomic E-state index is 0.565. The molecule has 0 unspecified atom stereocenters. The van der Waals surface area contributed by atoms with Crippen LogP contribution in [0.4, 0.5) is 0 Å². The Bertz CT molecular complexity index is 207. The second-order valence-corrected chi connectivity index (χ2v) is 5.82. The van der Waals surface area contributed by atoms with Gasteiger partial charge in [-0.3, -0.25) is 0 Å². The number of thiocarbonyl (C=S) groups is 2. The summed E-state index contributed by atoms with van der Waals surface area (Å²) >= 11 is 12.7. The average molecular weight is 264 g/mol. The molecule has 0 saturated carbocycles. The Hall–Kier alpha value is 0.300. The van der Waals surface area contributed by atoms with Crippen molar-refractivity contribution in [1.29, 1.82) is 0 Å². The molecule has 0 aliphatic carbocycles. The summed E-state index contributed by atoms with van der Waals surface area (Å²) in [7, 11) is 0. The highest BCUT2D eigenvalue weighted by Crippen LogP contribution is 2.22.